The van der Waals surface area contributed by atoms with Gasteiger partial charge >= 0.3 is 0 Å². The molecule has 0 radical (unpaired) electrons. The van der Waals surface area contributed by atoms with Crippen LogP contribution in [0.1, 0.15) is 26.7 Å². The number of hydrogen-bond donors (Lipinski definition) is 1. The van der Waals surface area contributed by atoms with Gasteiger partial charge in [0.1, 0.15) is 9.84 Å². The quantitative estimate of drug-likeness (QED) is 0.244. The van der Waals surface area contributed by atoms with Crippen molar-refractivity contribution >= 4 is 49.8 Å². The third kappa shape index (κ3) is 8.83. The molecular weight excluding hydrogens is 531 g/mol. The van der Waals surface area contributed by atoms with Crippen molar-refractivity contribution in [2.45, 2.75) is 32.8 Å². The van der Waals surface area contributed by atoms with E-state index in [0.29, 0.717) is 38.7 Å². The summed E-state index contributed by atoms with van der Waals surface area (Å²) in [6.07, 6.45) is 3.08. The van der Waals surface area contributed by atoms with Gasteiger partial charge in [-0.15, -0.1) is 24.0 Å². The van der Waals surface area contributed by atoms with Gasteiger partial charge in [-0.3, -0.25) is 4.99 Å². The standard InChI is InChI=1S/C17H34N4O5S2.HI/c1-15(2)26-11-12-28(24,25)21-9-7-20(8-10-21)16(18-3)19-13-17(5-6-17)14-27(4,22)23;/h15H,5-14H2,1-4H3,(H,18,19);1H. The zero-order chi connectivity index (χ0) is 21.0. The van der Waals surface area contributed by atoms with E-state index < -0.39 is 19.9 Å². The molecular formula is C17H35IN4O5S2. The zero-order valence-corrected chi connectivity index (χ0v) is 21.7. The minimum absolute atomic E-state index is 0. The van der Waals surface area contributed by atoms with Crippen molar-refractivity contribution in [3.63, 3.8) is 0 Å². The van der Waals surface area contributed by atoms with Crippen LogP contribution >= 0.6 is 24.0 Å². The highest BCUT2D eigenvalue weighted by molar-refractivity contribution is 14.0. The molecule has 0 aromatic heterocycles. The number of hydrogen-bond acceptors (Lipinski definition) is 6. The Bertz CT molecular complexity index is 759. The van der Waals surface area contributed by atoms with Gasteiger partial charge in [0.15, 0.2) is 5.96 Å². The highest BCUT2D eigenvalue weighted by Crippen LogP contribution is 2.46. The van der Waals surface area contributed by atoms with E-state index in [0.717, 1.165) is 12.8 Å². The minimum Gasteiger partial charge on any atom is -0.378 e. The van der Waals surface area contributed by atoms with Gasteiger partial charge in [0.2, 0.25) is 10.0 Å². The number of rotatable bonds is 9. The van der Waals surface area contributed by atoms with E-state index in [4.69, 9.17) is 4.74 Å². The van der Waals surface area contributed by atoms with Crippen LogP contribution in [0.2, 0.25) is 0 Å². The summed E-state index contributed by atoms with van der Waals surface area (Å²) in [4.78, 5) is 6.31. The molecule has 0 unspecified atom stereocenters. The Balaban J connectivity index is 0.00000420. The first-order chi connectivity index (χ1) is 13.0. The first-order valence-electron chi connectivity index (χ1n) is 9.69. The lowest BCUT2D eigenvalue weighted by molar-refractivity contribution is 0.0904. The maximum atomic E-state index is 12.4. The van der Waals surface area contributed by atoms with Crippen molar-refractivity contribution in [1.82, 2.24) is 14.5 Å². The van der Waals surface area contributed by atoms with Gasteiger partial charge in [0.25, 0.3) is 0 Å². The number of ether oxygens (including phenoxy) is 1. The van der Waals surface area contributed by atoms with Gasteiger partial charge in [-0.25, -0.2) is 16.8 Å². The summed E-state index contributed by atoms with van der Waals surface area (Å²) in [6, 6.07) is 0. The second-order valence-electron chi connectivity index (χ2n) is 8.09. The molecule has 12 heteroatoms. The molecule has 0 spiro atoms. The van der Waals surface area contributed by atoms with Crippen LogP contribution in [0.4, 0.5) is 0 Å². The van der Waals surface area contributed by atoms with E-state index in [1.807, 2.05) is 18.7 Å². The molecule has 172 valence electrons. The van der Waals surface area contributed by atoms with Crippen LogP contribution in [0, 0.1) is 5.41 Å². The highest BCUT2D eigenvalue weighted by Gasteiger charge is 2.45. The number of nitrogens with zero attached hydrogens (tertiary/aromatic N) is 3. The Morgan fingerprint density at radius 2 is 1.72 bits per heavy atom. The number of piperazine rings is 1. The summed E-state index contributed by atoms with van der Waals surface area (Å²) in [5.41, 5.74) is -0.189. The molecule has 1 aliphatic heterocycles. The van der Waals surface area contributed by atoms with Crippen molar-refractivity contribution in [1.29, 1.82) is 0 Å². The average Bonchev–Trinajstić information content (AvgIpc) is 3.33. The fraction of sp³-hybridized carbons (Fsp3) is 0.941. The molecule has 1 saturated heterocycles. The van der Waals surface area contributed by atoms with Gasteiger partial charge in [0.05, 0.1) is 24.2 Å². The lowest BCUT2D eigenvalue weighted by atomic mass is 10.1. The number of guanidine groups is 1. The molecule has 0 amide bonds. The third-order valence-electron chi connectivity index (χ3n) is 5.08. The topological polar surface area (TPSA) is 108 Å². The van der Waals surface area contributed by atoms with E-state index in [1.54, 1.807) is 7.05 Å². The third-order valence-corrected chi connectivity index (χ3v) is 8.05. The summed E-state index contributed by atoms with van der Waals surface area (Å²) in [6.45, 7) is 6.42. The Morgan fingerprint density at radius 3 is 2.17 bits per heavy atom. The van der Waals surface area contributed by atoms with Crippen LogP contribution in [0.15, 0.2) is 4.99 Å². The van der Waals surface area contributed by atoms with Crippen LogP contribution < -0.4 is 5.32 Å². The molecule has 0 bridgehead atoms. The van der Waals surface area contributed by atoms with Gasteiger partial charge in [0, 0.05) is 51.4 Å². The fourth-order valence-corrected chi connectivity index (χ4v) is 6.19. The number of nitrogens with one attached hydrogen (secondary N) is 1. The maximum absolute atomic E-state index is 12.4. The van der Waals surface area contributed by atoms with Gasteiger partial charge in [-0.05, 0) is 26.7 Å². The molecule has 29 heavy (non-hydrogen) atoms. The summed E-state index contributed by atoms with van der Waals surface area (Å²) < 4.78 is 55.0. The lowest BCUT2D eigenvalue weighted by Gasteiger charge is -2.36. The van der Waals surface area contributed by atoms with Gasteiger partial charge in [-0.2, -0.15) is 4.31 Å². The monoisotopic (exact) mass is 566 g/mol. The highest BCUT2D eigenvalue weighted by atomic mass is 127. The molecule has 2 rings (SSSR count). The van der Waals surface area contributed by atoms with Gasteiger partial charge in [-0.1, -0.05) is 0 Å². The van der Waals surface area contributed by atoms with E-state index in [2.05, 4.69) is 10.3 Å². The number of halogens is 1. The smallest absolute Gasteiger partial charge is 0.216 e. The van der Waals surface area contributed by atoms with Crippen molar-refractivity contribution in [2.24, 2.45) is 10.4 Å². The minimum atomic E-state index is -3.33. The van der Waals surface area contributed by atoms with Crippen LogP contribution in [0.25, 0.3) is 0 Å². The molecule has 0 atom stereocenters. The summed E-state index contributed by atoms with van der Waals surface area (Å²) >= 11 is 0. The van der Waals surface area contributed by atoms with Crippen LogP contribution in [-0.2, 0) is 24.6 Å². The second kappa shape index (κ2) is 10.9. The van der Waals surface area contributed by atoms with Crippen molar-refractivity contribution < 1.29 is 21.6 Å². The lowest BCUT2D eigenvalue weighted by Crippen LogP contribution is -2.54. The first kappa shape index (κ1) is 26.9. The zero-order valence-electron chi connectivity index (χ0n) is 17.8. The Hall–Kier alpha value is -0.180. The van der Waals surface area contributed by atoms with Crippen LogP contribution in [0.3, 0.4) is 0 Å². The molecule has 1 heterocycles. The molecule has 1 aliphatic carbocycles. The number of sulfonamides is 1. The largest absolute Gasteiger partial charge is 0.378 e. The van der Waals surface area contributed by atoms with Gasteiger partial charge < -0.3 is 15.0 Å². The maximum Gasteiger partial charge on any atom is 0.216 e. The molecule has 9 nitrogen and oxygen atoms in total. The van der Waals surface area contributed by atoms with Crippen molar-refractivity contribution in [3.8, 4) is 0 Å². The summed E-state index contributed by atoms with van der Waals surface area (Å²) in [5.74, 6) is 0.876. The summed E-state index contributed by atoms with van der Waals surface area (Å²) in [5, 5.41) is 3.29. The van der Waals surface area contributed by atoms with Crippen LogP contribution in [-0.4, -0.2) is 102 Å². The molecule has 2 fully saturated rings. The Morgan fingerprint density at radius 1 is 1.14 bits per heavy atom. The first-order valence-corrected chi connectivity index (χ1v) is 13.4. The SMILES string of the molecule is CN=C(NCC1(CS(C)(=O)=O)CC1)N1CCN(S(=O)(=O)CCOC(C)C)CC1.I. The average molecular weight is 567 g/mol. The molecule has 0 aromatic carbocycles. The molecule has 2 aliphatic rings. The second-order valence-corrected chi connectivity index (χ2v) is 12.3. The Kier molecular flexibility index (Phi) is 10.1. The van der Waals surface area contributed by atoms with E-state index in [9.17, 15) is 16.8 Å². The van der Waals surface area contributed by atoms with Crippen LogP contribution in [0.5, 0.6) is 0 Å². The van der Waals surface area contributed by atoms with Crippen molar-refractivity contribution in [2.75, 3.05) is 64.1 Å². The van der Waals surface area contributed by atoms with Crippen molar-refractivity contribution in [3.05, 3.63) is 0 Å². The van der Waals surface area contributed by atoms with E-state index in [1.165, 1.54) is 10.6 Å². The number of sulfone groups is 1. The predicted molar refractivity (Wildman–Crippen MR) is 126 cm³/mol. The fourth-order valence-electron chi connectivity index (χ4n) is 3.40. The van der Waals surface area contributed by atoms with E-state index >= 15 is 0 Å². The summed E-state index contributed by atoms with van der Waals surface area (Å²) in [7, 11) is -4.65. The molecule has 1 N–H and O–H groups in total. The van der Waals surface area contributed by atoms with E-state index in [-0.39, 0.29) is 53.6 Å². The molecule has 1 saturated carbocycles. The Labute approximate surface area is 192 Å². The normalized spacial score (nSPS) is 20.4. The predicted octanol–water partition coefficient (Wildman–Crippen LogP) is 0.377. The molecule has 0 aromatic rings. The number of aliphatic imine (C=N–C) groups is 1.